The lowest BCUT2D eigenvalue weighted by atomic mass is 10.3. The van der Waals surface area contributed by atoms with E-state index in [-0.39, 0.29) is 18.1 Å². The zero-order chi connectivity index (χ0) is 16.8. The van der Waals surface area contributed by atoms with E-state index in [4.69, 9.17) is 0 Å². The molecule has 3 rings (SSSR count). The summed E-state index contributed by atoms with van der Waals surface area (Å²) >= 11 is 1.33. The molecule has 0 fully saturated rings. The van der Waals surface area contributed by atoms with Crippen LogP contribution in [0.4, 0.5) is 10.2 Å². The van der Waals surface area contributed by atoms with Crippen molar-refractivity contribution in [2.45, 2.75) is 11.3 Å². The highest BCUT2D eigenvalue weighted by Crippen LogP contribution is 2.21. The molecule has 0 unspecified atom stereocenters. The first kappa shape index (κ1) is 16.3. The first-order valence-electron chi connectivity index (χ1n) is 7.50. The van der Waals surface area contributed by atoms with E-state index in [9.17, 15) is 9.18 Å². The average Bonchev–Trinajstić information content (AvgIpc) is 3.06. The van der Waals surface area contributed by atoms with E-state index in [0.717, 1.165) is 5.69 Å². The number of nitrogens with one attached hydrogen (secondary N) is 1. The Hall–Kier alpha value is -2.60. The highest BCUT2D eigenvalue weighted by Gasteiger charge is 2.07. The number of amides is 1. The summed E-state index contributed by atoms with van der Waals surface area (Å²) in [5.41, 5.74) is 0.924. The molecule has 0 saturated heterocycles. The van der Waals surface area contributed by atoms with Crippen LogP contribution in [0.3, 0.4) is 0 Å². The van der Waals surface area contributed by atoms with Crippen LogP contribution in [-0.4, -0.2) is 21.4 Å². The first-order chi connectivity index (χ1) is 11.7. The number of hydrogen-bond acceptors (Lipinski definition) is 3. The Balaban J connectivity index is 1.51. The fourth-order valence-electron chi connectivity index (χ4n) is 2.14. The zero-order valence-corrected chi connectivity index (χ0v) is 13.7. The molecule has 0 saturated carbocycles. The van der Waals surface area contributed by atoms with E-state index in [1.807, 2.05) is 30.3 Å². The Bertz CT molecular complexity index is 820. The second kappa shape index (κ2) is 7.79. The summed E-state index contributed by atoms with van der Waals surface area (Å²) in [7, 11) is 0. The summed E-state index contributed by atoms with van der Waals surface area (Å²) in [5, 5.41) is 7.07. The number of thioether (sulfide) groups is 1. The maximum absolute atomic E-state index is 13.5. The number of benzene rings is 2. The van der Waals surface area contributed by atoms with Crippen LogP contribution in [0.25, 0.3) is 5.69 Å². The predicted molar refractivity (Wildman–Crippen MR) is 93.9 cm³/mol. The van der Waals surface area contributed by atoms with Gasteiger partial charge in [-0.1, -0.05) is 30.3 Å². The SMILES string of the molecule is O=C(CCSc1ccccc1F)Nc1ccn(-c2ccccc2)n1. The second-order valence-corrected chi connectivity index (χ2v) is 6.19. The van der Waals surface area contributed by atoms with Crippen LogP contribution in [0.15, 0.2) is 71.8 Å². The van der Waals surface area contributed by atoms with E-state index < -0.39 is 0 Å². The Kier molecular flexibility index (Phi) is 5.28. The second-order valence-electron chi connectivity index (χ2n) is 5.06. The molecule has 1 N–H and O–H groups in total. The average molecular weight is 341 g/mol. The van der Waals surface area contributed by atoms with Crippen molar-refractivity contribution in [1.29, 1.82) is 0 Å². The highest BCUT2D eigenvalue weighted by molar-refractivity contribution is 7.99. The molecule has 0 aliphatic heterocycles. The molecule has 3 aromatic rings. The molecule has 0 spiro atoms. The smallest absolute Gasteiger partial charge is 0.226 e. The molecule has 24 heavy (non-hydrogen) atoms. The number of nitrogens with zero attached hydrogens (tertiary/aromatic N) is 2. The number of halogens is 1. The lowest BCUT2D eigenvalue weighted by Crippen LogP contribution is -2.13. The van der Waals surface area contributed by atoms with E-state index >= 15 is 0 Å². The van der Waals surface area contributed by atoms with Crippen molar-refractivity contribution < 1.29 is 9.18 Å². The third-order valence-electron chi connectivity index (χ3n) is 3.30. The molecular weight excluding hydrogens is 325 g/mol. The maximum atomic E-state index is 13.5. The van der Waals surface area contributed by atoms with Gasteiger partial charge in [0.25, 0.3) is 0 Å². The number of carbonyl (C=O) groups excluding carboxylic acids is 1. The van der Waals surface area contributed by atoms with Crippen LogP contribution in [0.1, 0.15) is 6.42 Å². The number of para-hydroxylation sites is 1. The van der Waals surface area contributed by atoms with Gasteiger partial charge in [-0.05, 0) is 24.3 Å². The molecule has 122 valence electrons. The summed E-state index contributed by atoms with van der Waals surface area (Å²) in [6.07, 6.45) is 2.08. The van der Waals surface area contributed by atoms with Crippen molar-refractivity contribution in [3.8, 4) is 5.69 Å². The van der Waals surface area contributed by atoms with Crippen LogP contribution >= 0.6 is 11.8 Å². The molecule has 1 amide bonds. The van der Waals surface area contributed by atoms with Crippen molar-refractivity contribution in [1.82, 2.24) is 9.78 Å². The van der Waals surface area contributed by atoms with Gasteiger partial charge in [-0.25, -0.2) is 9.07 Å². The third-order valence-corrected chi connectivity index (χ3v) is 4.35. The van der Waals surface area contributed by atoms with Gasteiger partial charge < -0.3 is 5.32 Å². The Morgan fingerprint density at radius 3 is 2.62 bits per heavy atom. The Labute approximate surface area is 143 Å². The summed E-state index contributed by atoms with van der Waals surface area (Å²) < 4.78 is 15.2. The lowest BCUT2D eigenvalue weighted by molar-refractivity contribution is -0.115. The van der Waals surface area contributed by atoms with Gasteiger partial charge in [0.1, 0.15) is 5.82 Å². The van der Waals surface area contributed by atoms with E-state index in [0.29, 0.717) is 16.5 Å². The molecule has 1 heterocycles. The quantitative estimate of drug-likeness (QED) is 0.686. The monoisotopic (exact) mass is 341 g/mol. The van der Waals surface area contributed by atoms with Crippen LogP contribution in [0.2, 0.25) is 0 Å². The van der Waals surface area contributed by atoms with Crippen LogP contribution in [-0.2, 0) is 4.79 Å². The van der Waals surface area contributed by atoms with Crippen molar-refractivity contribution in [3.05, 3.63) is 72.7 Å². The van der Waals surface area contributed by atoms with E-state index in [2.05, 4.69) is 10.4 Å². The van der Waals surface area contributed by atoms with Crippen LogP contribution in [0.5, 0.6) is 0 Å². The van der Waals surface area contributed by atoms with Crippen molar-refractivity contribution >= 4 is 23.5 Å². The van der Waals surface area contributed by atoms with Gasteiger partial charge in [0.2, 0.25) is 5.91 Å². The standard InChI is InChI=1S/C18H16FN3OS/c19-15-8-4-5-9-16(15)24-13-11-18(23)20-17-10-12-22(21-17)14-6-2-1-3-7-14/h1-10,12H,11,13H2,(H,20,21,23). The minimum absolute atomic E-state index is 0.142. The number of carbonyl (C=O) groups is 1. The van der Waals surface area contributed by atoms with Crippen molar-refractivity contribution in [2.75, 3.05) is 11.1 Å². The van der Waals surface area contributed by atoms with Gasteiger partial charge in [-0.15, -0.1) is 11.8 Å². The van der Waals surface area contributed by atoms with Gasteiger partial charge in [0.05, 0.1) is 5.69 Å². The first-order valence-corrected chi connectivity index (χ1v) is 8.49. The Morgan fingerprint density at radius 1 is 1.08 bits per heavy atom. The molecule has 0 atom stereocenters. The molecule has 1 aromatic heterocycles. The number of hydrogen-bond donors (Lipinski definition) is 1. The van der Waals surface area contributed by atoms with E-state index in [1.165, 1.54) is 17.8 Å². The molecule has 6 heteroatoms. The van der Waals surface area contributed by atoms with E-state index in [1.54, 1.807) is 35.1 Å². The molecule has 2 aromatic carbocycles. The third kappa shape index (κ3) is 4.23. The summed E-state index contributed by atoms with van der Waals surface area (Å²) in [5.74, 6) is 0.605. The molecule has 4 nitrogen and oxygen atoms in total. The van der Waals surface area contributed by atoms with Gasteiger partial charge in [-0.2, -0.15) is 5.10 Å². The molecule has 0 bridgehead atoms. The number of rotatable bonds is 6. The minimum atomic E-state index is -0.260. The highest BCUT2D eigenvalue weighted by atomic mass is 32.2. The van der Waals surface area contributed by atoms with Gasteiger partial charge in [0.15, 0.2) is 5.82 Å². The summed E-state index contributed by atoms with van der Waals surface area (Å²) in [4.78, 5) is 12.5. The molecule has 0 aliphatic rings. The van der Waals surface area contributed by atoms with Crippen molar-refractivity contribution in [3.63, 3.8) is 0 Å². The fourth-order valence-corrected chi connectivity index (χ4v) is 3.02. The lowest BCUT2D eigenvalue weighted by Gasteiger charge is -2.04. The fraction of sp³-hybridized carbons (Fsp3) is 0.111. The van der Waals surface area contributed by atoms with Gasteiger partial charge in [-0.3, -0.25) is 4.79 Å². The largest absolute Gasteiger partial charge is 0.309 e. The van der Waals surface area contributed by atoms with Gasteiger partial charge in [0, 0.05) is 29.3 Å². The topological polar surface area (TPSA) is 46.9 Å². The summed E-state index contributed by atoms with van der Waals surface area (Å²) in [6.45, 7) is 0. The number of anilines is 1. The van der Waals surface area contributed by atoms with Crippen molar-refractivity contribution in [2.24, 2.45) is 0 Å². The zero-order valence-electron chi connectivity index (χ0n) is 12.9. The summed E-state index contributed by atoms with van der Waals surface area (Å²) in [6, 6.07) is 17.9. The van der Waals surface area contributed by atoms with Gasteiger partial charge >= 0.3 is 0 Å². The molecule has 0 aliphatic carbocycles. The number of aromatic nitrogens is 2. The minimum Gasteiger partial charge on any atom is -0.309 e. The predicted octanol–water partition coefficient (Wildman–Crippen LogP) is 4.13. The molecule has 0 radical (unpaired) electrons. The normalized spacial score (nSPS) is 10.5. The van der Waals surface area contributed by atoms with Crippen LogP contribution < -0.4 is 5.32 Å². The molecular formula is C18H16FN3OS. The van der Waals surface area contributed by atoms with Crippen LogP contribution in [0, 0.1) is 5.82 Å². The maximum Gasteiger partial charge on any atom is 0.226 e. The Morgan fingerprint density at radius 2 is 1.83 bits per heavy atom.